The zero-order valence-corrected chi connectivity index (χ0v) is 8.64. The van der Waals surface area contributed by atoms with E-state index in [4.69, 9.17) is 4.74 Å². The van der Waals surface area contributed by atoms with Crippen LogP contribution in [0.15, 0.2) is 11.6 Å². The fraction of sp³-hybridized carbons (Fsp3) is 0.625. The van der Waals surface area contributed by atoms with Crippen LogP contribution in [0.5, 0.6) is 0 Å². The molecule has 0 aromatic rings. The van der Waals surface area contributed by atoms with Crippen molar-refractivity contribution in [1.29, 1.82) is 0 Å². The molecule has 0 aliphatic rings. The van der Waals surface area contributed by atoms with Gasteiger partial charge in [0, 0.05) is 10.9 Å². The van der Waals surface area contributed by atoms with Crippen LogP contribution in [-0.2, 0) is 9.53 Å². The smallest absolute Gasteiger partial charge is 0.334 e. The summed E-state index contributed by atoms with van der Waals surface area (Å²) in [4.78, 5) is 11.1. The number of ether oxygens (including phenoxy) is 1. The third-order valence-electron chi connectivity index (χ3n) is 1.10. The van der Waals surface area contributed by atoms with Crippen molar-refractivity contribution in [2.24, 2.45) is 0 Å². The van der Waals surface area contributed by atoms with Crippen molar-refractivity contribution in [3.05, 3.63) is 11.6 Å². The number of allylic oxidation sites excluding steroid dienone is 1. The Hall–Kier alpha value is -0.310. The van der Waals surface area contributed by atoms with E-state index in [1.807, 2.05) is 20.8 Å². The minimum atomic E-state index is -0.237. The molecule has 0 saturated carbocycles. The molecule has 0 aromatic carbocycles. The number of halogens is 1. The molecule has 2 nitrogen and oxygen atoms in total. The van der Waals surface area contributed by atoms with Crippen LogP contribution in [0.1, 0.15) is 20.8 Å². The maximum atomic E-state index is 11.1. The van der Waals surface area contributed by atoms with E-state index in [1.165, 1.54) is 0 Å². The van der Waals surface area contributed by atoms with Gasteiger partial charge < -0.3 is 4.74 Å². The molecule has 0 bridgehead atoms. The summed E-state index contributed by atoms with van der Waals surface area (Å²) in [7, 11) is 0. The van der Waals surface area contributed by atoms with Crippen molar-refractivity contribution in [1.82, 2.24) is 0 Å². The monoisotopic (exact) mass is 220 g/mol. The lowest BCUT2D eigenvalue weighted by Gasteiger charge is -2.08. The van der Waals surface area contributed by atoms with Crippen molar-refractivity contribution in [3.8, 4) is 0 Å². The second kappa shape index (κ2) is 5.35. The van der Waals surface area contributed by atoms with Gasteiger partial charge in [-0.15, -0.1) is 0 Å². The quantitative estimate of drug-likeness (QED) is 0.415. The molecule has 0 heterocycles. The second-order valence-corrected chi connectivity index (χ2v) is 2.96. The molecule has 0 aromatic heterocycles. The van der Waals surface area contributed by atoms with Crippen LogP contribution < -0.4 is 0 Å². The molecular weight excluding hydrogens is 208 g/mol. The predicted octanol–water partition coefficient (Wildman–Crippen LogP) is 2.28. The molecule has 3 heteroatoms. The molecule has 64 valence electrons. The van der Waals surface area contributed by atoms with Crippen molar-refractivity contribution in [3.63, 3.8) is 0 Å². The van der Waals surface area contributed by atoms with Gasteiger partial charge in [0.25, 0.3) is 0 Å². The summed E-state index contributed by atoms with van der Waals surface area (Å²) in [5, 5.41) is 0.551. The van der Waals surface area contributed by atoms with E-state index in [0.29, 0.717) is 10.9 Å². The van der Waals surface area contributed by atoms with Crippen LogP contribution in [0.2, 0.25) is 0 Å². The van der Waals surface area contributed by atoms with Crippen molar-refractivity contribution in [2.75, 3.05) is 5.33 Å². The van der Waals surface area contributed by atoms with Gasteiger partial charge >= 0.3 is 5.97 Å². The van der Waals surface area contributed by atoms with Crippen molar-refractivity contribution < 1.29 is 9.53 Å². The molecular formula is C8H13BrO2. The fourth-order valence-electron chi connectivity index (χ4n) is 0.539. The van der Waals surface area contributed by atoms with Crippen LogP contribution in [0.3, 0.4) is 0 Å². The molecule has 0 atom stereocenters. The zero-order valence-electron chi connectivity index (χ0n) is 7.06. The standard InChI is InChI=1S/C8H13BrO2/c1-4-7(5-9)8(10)11-6(2)3/h4,6H,5H2,1-3H3/b7-4+. The highest BCUT2D eigenvalue weighted by molar-refractivity contribution is 9.09. The first-order valence-electron chi connectivity index (χ1n) is 3.54. The fourth-order valence-corrected chi connectivity index (χ4v) is 1.09. The molecule has 0 aliphatic carbocycles. The molecule has 0 aliphatic heterocycles. The number of hydrogen-bond acceptors (Lipinski definition) is 2. The minimum absolute atomic E-state index is 0.0449. The van der Waals surface area contributed by atoms with E-state index in [0.717, 1.165) is 0 Å². The SMILES string of the molecule is C/C=C(\CBr)C(=O)OC(C)C. The van der Waals surface area contributed by atoms with Crippen LogP contribution in [0, 0.1) is 0 Å². The highest BCUT2D eigenvalue weighted by Crippen LogP contribution is 2.04. The summed E-state index contributed by atoms with van der Waals surface area (Å²) < 4.78 is 4.96. The molecule has 0 amide bonds. The third kappa shape index (κ3) is 4.19. The number of alkyl halides is 1. The Balaban J connectivity index is 4.02. The number of hydrogen-bond donors (Lipinski definition) is 0. The first-order valence-corrected chi connectivity index (χ1v) is 4.66. The average molecular weight is 221 g/mol. The Morgan fingerprint density at radius 2 is 2.18 bits per heavy atom. The highest BCUT2D eigenvalue weighted by Gasteiger charge is 2.09. The summed E-state index contributed by atoms with van der Waals surface area (Å²) in [6.45, 7) is 5.48. The van der Waals surface area contributed by atoms with Crippen molar-refractivity contribution >= 4 is 21.9 Å². The van der Waals surface area contributed by atoms with E-state index in [2.05, 4.69) is 15.9 Å². The Bertz CT molecular complexity index is 161. The second-order valence-electron chi connectivity index (χ2n) is 2.40. The van der Waals surface area contributed by atoms with Gasteiger partial charge in [-0.1, -0.05) is 22.0 Å². The Kier molecular flexibility index (Phi) is 5.20. The summed E-state index contributed by atoms with van der Waals surface area (Å²) in [5.74, 6) is -0.237. The summed E-state index contributed by atoms with van der Waals surface area (Å²) in [6, 6.07) is 0. The molecule has 11 heavy (non-hydrogen) atoms. The Morgan fingerprint density at radius 3 is 2.45 bits per heavy atom. The zero-order chi connectivity index (χ0) is 8.85. The van der Waals surface area contributed by atoms with Crippen LogP contribution in [0.4, 0.5) is 0 Å². The van der Waals surface area contributed by atoms with E-state index < -0.39 is 0 Å². The molecule has 0 spiro atoms. The molecule has 0 N–H and O–H groups in total. The van der Waals surface area contributed by atoms with Gasteiger partial charge in [0.15, 0.2) is 0 Å². The number of rotatable bonds is 3. The van der Waals surface area contributed by atoms with Crippen molar-refractivity contribution in [2.45, 2.75) is 26.9 Å². The predicted molar refractivity (Wildman–Crippen MR) is 48.8 cm³/mol. The number of carbonyl (C=O) groups is 1. The first-order chi connectivity index (χ1) is 5.11. The molecule has 0 rings (SSSR count). The van der Waals surface area contributed by atoms with E-state index in [9.17, 15) is 4.79 Å². The minimum Gasteiger partial charge on any atom is -0.460 e. The maximum absolute atomic E-state index is 11.1. The highest BCUT2D eigenvalue weighted by atomic mass is 79.9. The maximum Gasteiger partial charge on any atom is 0.334 e. The van der Waals surface area contributed by atoms with Gasteiger partial charge in [-0.25, -0.2) is 4.79 Å². The summed E-state index contributed by atoms with van der Waals surface area (Å²) in [6.07, 6.45) is 1.70. The lowest BCUT2D eigenvalue weighted by atomic mass is 10.3. The van der Waals surface area contributed by atoms with E-state index >= 15 is 0 Å². The van der Waals surface area contributed by atoms with E-state index in [1.54, 1.807) is 6.08 Å². The summed E-state index contributed by atoms with van der Waals surface area (Å²) >= 11 is 3.20. The van der Waals surface area contributed by atoms with Crippen LogP contribution >= 0.6 is 15.9 Å². The molecule has 0 fully saturated rings. The van der Waals surface area contributed by atoms with Gasteiger partial charge in [-0.3, -0.25) is 0 Å². The van der Waals surface area contributed by atoms with Gasteiger partial charge in [0.2, 0.25) is 0 Å². The van der Waals surface area contributed by atoms with Gasteiger partial charge in [0.1, 0.15) is 0 Å². The lowest BCUT2D eigenvalue weighted by molar-refractivity contribution is -0.142. The number of esters is 1. The van der Waals surface area contributed by atoms with Crippen LogP contribution in [-0.4, -0.2) is 17.4 Å². The first kappa shape index (κ1) is 10.7. The lowest BCUT2D eigenvalue weighted by Crippen LogP contribution is -2.14. The molecule has 0 unspecified atom stereocenters. The van der Waals surface area contributed by atoms with Gasteiger partial charge in [-0.05, 0) is 20.8 Å². The Morgan fingerprint density at radius 1 is 1.64 bits per heavy atom. The largest absolute Gasteiger partial charge is 0.460 e. The van der Waals surface area contributed by atoms with Gasteiger partial charge in [-0.2, -0.15) is 0 Å². The van der Waals surface area contributed by atoms with Gasteiger partial charge in [0.05, 0.1) is 6.10 Å². The third-order valence-corrected chi connectivity index (χ3v) is 1.70. The van der Waals surface area contributed by atoms with Crippen LogP contribution in [0.25, 0.3) is 0 Å². The normalized spacial score (nSPS) is 11.9. The molecule has 0 saturated heterocycles. The topological polar surface area (TPSA) is 26.3 Å². The Labute approximate surface area is 75.7 Å². The van der Waals surface area contributed by atoms with E-state index in [-0.39, 0.29) is 12.1 Å². The average Bonchev–Trinajstić information content (AvgIpc) is 1.88. The number of carbonyl (C=O) groups excluding carboxylic acids is 1. The molecule has 0 radical (unpaired) electrons. The summed E-state index contributed by atoms with van der Waals surface area (Å²) in [5.41, 5.74) is 0.665.